The molecule has 0 unspecified atom stereocenters. The lowest BCUT2D eigenvalue weighted by atomic mass is 10.1. The maximum absolute atomic E-state index is 10.8. The minimum Gasteiger partial charge on any atom is -0.469 e. The quantitative estimate of drug-likeness (QED) is 0.479. The van der Waals surface area contributed by atoms with Crippen molar-refractivity contribution in [3.63, 3.8) is 0 Å². The lowest BCUT2D eigenvalue weighted by molar-refractivity contribution is -0.387. The Kier molecular flexibility index (Phi) is 3.30. The normalized spacial score (nSPS) is 17.2. The SMILES string of the molecule is CSc1cc(C2=NCC(C)(C)O2)ccc1[N+](=O)[O-]. The minimum atomic E-state index is -0.378. The molecule has 0 amide bonds. The Hall–Kier alpha value is -1.56. The number of nitrogens with zero attached hydrogens (tertiary/aromatic N) is 2. The van der Waals surface area contributed by atoms with Crippen molar-refractivity contribution in [3.8, 4) is 0 Å². The van der Waals surface area contributed by atoms with Crippen LogP contribution in [0.15, 0.2) is 28.1 Å². The molecule has 0 fully saturated rings. The average molecular weight is 266 g/mol. The fourth-order valence-corrected chi connectivity index (χ4v) is 2.30. The molecule has 0 atom stereocenters. The highest BCUT2D eigenvalue weighted by molar-refractivity contribution is 7.98. The Labute approximate surface area is 109 Å². The summed E-state index contributed by atoms with van der Waals surface area (Å²) in [6, 6.07) is 4.93. The van der Waals surface area contributed by atoms with Gasteiger partial charge in [-0.05, 0) is 32.2 Å². The zero-order valence-corrected chi connectivity index (χ0v) is 11.3. The van der Waals surface area contributed by atoms with Crippen LogP contribution < -0.4 is 0 Å². The number of ether oxygens (including phenoxy) is 1. The molecule has 5 nitrogen and oxygen atoms in total. The summed E-state index contributed by atoms with van der Waals surface area (Å²) in [5.74, 6) is 0.560. The second kappa shape index (κ2) is 4.61. The third-order valence-electron chi connectivity index (χ3n) is 2.60. The van der Waals surface area contributed by atoms with E-state index in [1.165, 1.54) is 17.8 Å². The highest BCUT2D eigenvalue weighted by Crippen LogP contribution is 2.30. The van der Waals surface area contributed by atoms with Crippen LogP contribution in [0.4, 0.5) is 5.69 Å². The summed E-state index contributed by atoms with van der Waals surface area (Å²) >= 11 is 1.34. The molecule has 0 spiro atoms. The van der Waals surface area contributed by atoms with E-state index >= 15 is 0 Å². The van der Waals surface area contributed by atoms with Gasteiger partial charge in [-0.25, -0.2) is 4.99 Å². The number of nitro groups is 1. The van der Waals surface area contributed by atoms with E-state index in [-0.39, 0.29) is 16.2 Å². The molecule has 0 radical (unpaired) electrons. The number of thioether (sulfide) groups is 1. The first-order valence-electron chi connectivity index (χ1n) is 5.49. The van der Waals surface area contributed by atoms with Gasteiger partial charge in [0.05, 0.1) is 16.4 Å². The molecular weight excluding hydrogens is 252 g/mol. The number of rotatable bonds is 3. The average Bonchev–Trinajstić information content (AvgIpc) is 2.68. The van der Waals surface area contributed by atoms with Crippen LogP contribution in [0.25, 0.3) is 0 Å². The van der Waals surface area contributed by atoms with Gasteiger partial charge < -0.3 is 4.74 Å². The third kappa shape index (κ3) is 2.48. The highest BCUT2D eigenvalue weighted by Gasteiger charge is 2.29. The van der Waals surface area contributed by atoms with Gasteiger partial charge in [0.25, 0.3) is 5.69 Å². The molecule has 2 rings (SSSR count). The molecule has 0 bridgehead atoms. The molecule has 1 aliphatic heterocycles. The standard InChI is InChI=1S/C12H14N2O3S/c1-12(2)7-13-11(17-12)8-4-5-9(14(15)16)10(6-8)18-3/h4-6H,7H2,1-3H3. The topological polar surface area (TPSA) is 64.7 Å². The minimum absolute atomic E-state index is 0.115. The van der Waals surface area contributed by atoms with E-state index < -0.39 is 0 Å². The van der Waals surface area contributed by atoms with E-state index in [9.17, 15) is 10.1 Å². The second-order valence-electron chi connectivity index (χ2n) is 4.63. The van der Waals surface area contributed by atoms with Crippen LogP contribution >= 0.6 is 11.8 Å². The largest absolute Gasteiger partial charge is 0.469 e. The van der Waals surface area contributed by atoms with Crippen LogP contribution in [0.2, 0.25) is 0 Å². The predicted molar refractivity (Wildman–Crippen MR) is 71.4 cm³/mol. The first-order chi connectivity index (χ1) is 8.43. The van der Waals surface area contributed by atoms with E-state index in [0.717, 1.165) is 5.56 Å². The molecule has 1 aliphatic rings. The van der Waals surface area contributed by atoms with Gasteiger partial charge in [0, 0.05) is 11.6 Å². The van der Waals surface area contributed by atoms with E-state index in [2.05, 4.69) is 4.99 Å². The van der Waals surface area contributed by atoms with Crippen molar-refractivity contribution in [1.29, 1.82) is 0 Å². The highest BCUT2D eigenvalue weighted by atomic mass is 32.2. The van der Waals surface area contributed by atoms with Crippen LogP contribution in [0.3, 0.4) is 0 Å². The molecule has 1 aromatic carbocycles. The summed E-state index contributed by atoms with van der Waals surface area (Å²) in [6.07, 6.45) is 1.81. The fourth-order valence-electron chi connectivity index (χ4n) is 1.70. The van der Waals surface area contributed by atoms with E-state index in [4.69, 9.17) is 4.74 Å². The summed E-state index contributed by atoms with van der Waals surface area (Å²) in [7, 11) is 0. The third-order valence-corrected chi connectivity index (χ3v) is 3.37. The van der Waals surface area contributed by atoms with Crippen molar-refractivity contribution in [2.24, 2.45) is 4.99 Å². The van der Waals surface area contributed by atoms with Crippen molar-refractivity contribution in [1.82, 2.24) is 0 Å². The fraction of sp³-hybridized carbons (Fsp3) is 0.417. The number of nitro benzene ring substituents is 1. The van der Waals surface area contributed by atoms with Crippen LogP contribution in [0.5, 0.6) is 0 Å². The van der Waals surface area contributed by atoms with Gasteiger partial charge in [0.1, 0.15) is 5.60 Å². The molecule has 0 saturated heterocycles. The molecule has 18 heavy (non-hydrogen) atoms. The number of hydrogen-bond acceptors (Lipinski definition) is 5. The van der Waals surface area contributed by atoms with Crippen molar-refractivity contribution >= 4 is 23.3 Å². The Morgan fingerprint density at radius 1 is 1.50 bits per heavy atom. The van der Waals surface area contributed by atoms with E-state index in [0.29, 0.717) is 17.3 Å². The molecule has 96 valence electrons. The van der Waals surface area contributed by atoms with Crippen LogP contribution in [0.1, 0.15) is 19.4 Å². The molecule has 0 saturated carbocycles. The molecule has 0 N–H and O–H groups in total. The predicted octanol–water partition coefficient (Wildman–Crippen LogP) is 2.87. The Morgan fingerprint density at radius 2 is 2.22 bits per heavy atom. The summed E-state index contributed by atoms with van der Waals surface area (Å²) in [4.78, 5) is 15.4. The van der Waals surface area contributed by atoms with Gasteiger partial charge in [-0.2, -0.15) is 0 Å². The van der Waals surface area contributed by atoms with Crippen molar-refractivity contribution < 1.29 is 9.66 Å². The van der Waals surface area contributed by atoms with Crippen LogP contribution in [-0.4, -0.2) is 29.2 Å². The van der Waals surface area contributed by atoms with Crippen molar-refractivity contribution in [3.05, 3.63) is 33.9 Å². The Balaban J connectivity index is 2.34. The summed E-state index contributed by atoms with van der Waals surface area (Å²) < 4.78 is 5.71. The van der Waals surface area contributed by atoms with Gasteiger partial charge >= 0.3 is 0 Å². The summed E-state index contributed by atoms with van der Waals surface area (Å²) in [5.41, 5.74) is 0.607. The van der Waals surface area contributed by atoms with Gasteiger partial charge in [-0.3, -0.25) is 10.1 Å². The Bertz CT molecular complexity index is 526. The second-order valence-corrected chi connectivity index (χ2v) is 5.47. The maximum atomic E-state index is 10.8. The lowest BCUT2D eigenvalue weighted by Crippen LogP contribution is -2.24. The van der Waals surface area contributed by atoms with Crippen LogP contribution in [-0.2, 0) is 4.74 Å². The summed E-state index contributed by atoms with van der Waals surface area (Å²) in [5, 5.41) is 10.8. The smallest absolute Gasteiger partial charge is 0.282 e. The molecule has 0 aliphatic carbocycles. The maximum Gasteiger partial charge on any atom is 0.282 e. The zero-order valence-electron chi connectivity index (χ0n) is 10.5. The van der Waals surface area contributed by atoms with Gasteiger partial charge in [0.2, 0.25) is 5.90 Å². The van der Waals surface area contributed by atoms with Crippen molar-refractivity contribution in [2.75, 3.05) is 12.8 Å². The van der Waals surface area contributed by atoms with Gasteiger partial charge in [-0.1, -0.05) is 0 Å². The summed E-state index contributed by atoms with van der Waals surface area (Å²) in [6.45, 7) is 4.53. The number of benzene rings is 1. The van der Waals surface area contributed by atoms with E-state index in [1.54, 1.807) is 12.1 Å². The molecule has 1 aromatic rings. The molecule has 1 heterocycles. The lowest BCUT2D eigenvalue weighted by Gasteiger charge is -2.17. The first kappa shape index (κ1) is 12.9. The number of hydrogen-bond donors (Lipinski definition) is 0. The molecule has 0 aromatic heterocycles. The molecule has 6 heteroatoms. The van der Waals surface area contributed by atoms with E-state index in [1.807, 2.05) is 20.1 Å². The Morgan fingerprint density at radius 3 is 2.72 bits per heavy atom. The van der Waals surface area contributed by atoms with Crippen LogP contribution in [0, 0.1) is 10.1 Å². The zero-order chi connectivity index (χ0) is 13.3. The number of aliphatic imine (C=N–C) groups is 1. The first-order valence-corrected chi connectivity index (χ1v) is 6.72. The monoisotopic (exact) mass is 266 g/mol. The van der Waals surface area contributed by atoms with Gasteiger partial charge in [0.15, 0.2) is 0 Å². The molecular formula is C12H14N2O3S. The van der Waals surface area contributed by atoms with Gasteiger partial charge in [-0.15, -0.1) is 11.8 Å². The van der Waals surface area contributed by atoms with Crippen molar-refractivity contribution in [2.45, 2.75) is 24.3 Å².